The van der Waals surface area contributed by atoms with Crippen LogP contribution in [0.25, 0.3) is 0 Å². The van der Waals surface area contributed by atoms with Gasteiger partial charge < -0.3 is 15.8 Å². The first-order valence-electron chi connectivity index (χ1n) is 5.39. The van der Waals surface area contributed by atoms with Gasteiger partial charge in [-0.15, -0.1) is 0 Å². The first-order chi connectivity index (χ1) is 7.20. The smallest absolute Gasteiger partial charge is 0.143 e. The van der Waals surface area contributed by atoms with Crippen LogP contribution in [0.15, 0.2) is 18.2 Å². The molecule has 0 saturated heterocycles. The topological polar surface area (TPSA) is 47.3 Å². The first-order valence-corrected chi connectivity index (χ1v) is 5.39. The minimum Gasteiger partial charge on any atom is -0.495 e. The molecule has 0 aliphatic heterocycles. The second-order valence-corrected chi connectivity index (χ2v) is 4.34. The molecule has 3 N–H and O–H groups in total. The van der Waals surface area contributed by atoms with Gasteiger partial charge >= 0.3 is 0 Å². The standard InChI is InChI=1S/C12H18N2O/c1-8-6-9(7-8)14-10-4-3-5-11(15-2)12(10)13/h3-5,8-9,14H,6-7,13H2,1-2H3. The maximum absolute atomic E-state index is 5.97. The lowest BCUT2D eigenvalue weighted by atomic mass is 9.82. The fraction of sp³-hybridized carbons (Fsp3) is 0.500. The van der Waals surface area contributed by atoms with Gasteiger partial charge in [0.25, 0.3) is 0 Å². The van der Waals surface area contributed by atoms with Crippen molar-refractivity contribution < 1.29 is 4.74 Å². The molecule has 1 aromatic carbocycles. The third-order valence-electron chi connectivity index (χ3n) is 3.02. The van der Waals surface area contributed by atoms with Crippen molar-refractivity contribution in [2.24, 2.45) is 5.92 Å². The molecule has 1 aliphatic carbocycles. The molecule has 82 valence electrons. The monoisotopic (exact) mass is 206 g/mol. The maximum Gasteiger partial charge on any atom is 0.143 e. The van der Waals surface area contributed by atoms with Gasteiger partial charge in [-0.3, -0.25) is 0 Å². The van der Waals surface area contributed by atoms with Gasteiger partial charge in [0, 0.05) is 6.04 Å². The van der Waals surface area contributed by atoms with E-state index in [9.17, 15) is 0 Å². The second kappa shape index (κ2) is 4.01. The van der Waals surface area contributed by atoms with E-state index in [-0.39, 0.29) is 0 Å². The third kappa shape index (κ3) is 2.01. The first kappa shape index (κ1) is 10.1. The second-order valence-electron chi connectivity index (χ2n) is 4.34. The highest BCUT2D eigenvalue weighted by Gasteiger charge is 2.25. The lowest BCUT2D eigenvalue weighted by Gasteiger charge is -2.34. The van der Waals surface area contributed by atoms with E-state index in [4.69, 9.17) is 10.5 Å². The molecule has 1 aromatic rings. The summed E-state index contributed by atoms with van der Waals surface area (Å²) in [5.41, 5.74) is 7.67. The summed E-state index contributed by atoms with van der Waals surface area (Å²) in [5.74, 6) is 1.58. The van der Waals surface area contributed by atoms with E-state index in [0.29, 0.717) is 11.7 Å². The van der Waals surface area contributed by atoms with Gasteiger partial charge in [-0.05, 0) is 30.9 Å². The van der Waals surface area contributed by atoms with Crippen LogP contribution >= 0.6 is 0 Å². The molecular formula is C12H18N2O. The lowest BCUT2D eigenvalue weighted by molar-refractivity contribution is 0.309. The number of anilines is 2. The van der Waals surface area contributed by atoms with Crippen LogP contribution in [0.5, 0.6) is 5.75 Å². The van der Waals surface area contributed by atoms with Gasteiger partial charge in [-0.25, -0.2) is 0 Å². The molecule has 1 saturated carbocycles. The minimum absolute atomic E-state index is 0.578. The van der Waals surface area contributed by atoms with Crippen molar-refractivity contribution in [3.8, 4) is 5.75 Å². The van der Waals surface area contributed by atoms with E-state index < -0.39 is 0 Å². The number of benzene rings is 1. The van der Waals surface area contributed by atoms with E-state index in [0.717, 1.165) is 17.4 Å². The van der Waals surface area contributed by atoms with E-state index in [1.54, 1.807) is 7.11 Å². The van der Waals surface area contributed by atoms with Gasteiger partial charge in [0.2, 0.25) is 0 Å². The fourth-order valence-corrected chi connectivity index (χ4v) is 2.09. The normalized spacial score (nSPS) is 24.4. The van der Waals surface area contributed by atoms with Crippen LogP contribution in [0.1, 0.15) is 19.8 Å². The average Bonchev–Trinajstić information content (AvgIpc) is 2.18. The van der Waals surface area contributed by atoms with E-state index >= 15 is 0 Å². The highest BCUT2D eigenvalue weighted by atomic mass is 16.5. The Kier molecular flexibility index (Phi) is 2.71. The molecule has 0 spiro atoms. The molecular weight excluding hydrogens is 188 g/mol. The summed E-state index contributed by atoms with van der Waals surface area (Å²) < 4.78 is 5.17. The predicted molar refractivity (Wildman–Crippen MR) is 63.2 cm³/mol. The van der Waals surface area contributed by atoms with Crippen LogP contribution in [0, 0.1) is 5.92 Å². The van der Waals surface area contributed by atoms with Crippen molar-refractivity contribution in [3.63, 3.8) is 0 Å². The molecule has 0 unspecified atom stereocenters. The Balaban J connectivity index is 2.07. The van der Waals surface area contributed by atoms with Crippen molar-refractivity contribution >= 4 is 11.4 Å². The number of nitrogens with two attached hydrogens (primary N) is 1. The number of nitrogens with one attached hydrogen (secondary N) is 1. The number of hydrogen-bond acceptors (Lipinski definition) is 3. The molecule has 2 rings (SSSR count). The number of methoxy groups -OCH3 is 1. The zero-order chi connectivity index (χ0) is 10.8. The Morgan fingerprint density at radius 1 is 1.40 bits per heavy atom. The number of rotatable bonds is 3. The van der Waals surface area contributed by atoms with Crippen molar-refractivity contribution in [1.29, 1.82) is 0 Å². The summed E-state index contributed by atoms with van der Waals surface area (Å²) in [4.78, 5) is 0. The third-order valence-corrected chi connectivity index (χ3v) is 3.02. The highest BCUT2D eigenvalue weighted by molar-refractivity contribution is 5.73. The van der Waals surface area contributed by atoms with Crippen LogP contribution < -0.4 is 15.8 Å². The highest BCUT2D eigenvalue weighted by Crippen LogP contribution is 2.34. The Hall–Kier alpha value is -1.38. The number of hydrogen-bond donors (Lipinski definition) is 2. The van der Waals surface area contributed by atoms with Crippen LogP contribution in [-0.4, -0.2) is 13.2 Å². The largest absolute Gasteiger partial charge is 0.495 e. The molecule has 0 radical (unpaired) electrons. The van der Waals surface area contributed by atoms with E-state index in [1.165, 1.54) is 12.8 Å². The molecule has 15 heavy (non-hydrogen) atoms. The van der Waals surface area contributed by atoms with Crippen LogP contribution in [0.2, 0.25) is 0 Å². The fourth-order valence-electron chi connectivity index (χ4n) is 2.09. The van der Waals surface area contributed by atoms with Crippen molar-refractivity contribution in [3.05, 3.63) is 18.2 Å². The maximum atomic E-state index is 5.97. The van der Waals surface area contributed by atoms with Crippen LogP contribution in [0.4, 0.5) is 11.4 Å². The summed E-state index contributed by atoms with van der Waals surface area (Å²) in [5, 5.41) is 3.45. The summed E-state index contributed by atoms with van der Waals surface area (Å²) in [6.07, 6.45) is 2.47. The molecule has 1 aliphatic rings. The Bertz CT molecular complexity index is 345. The predicted octanol–water partition coefficient (Wildman–Crippen LogP) is 2.49. The summed E-state index contributed by atoms with van der Waals surface area (Å²) in [6, 6.07) is 6.42. The van der Waals surface area contributed by atoms with Crippen LogP contribution in [0.3, 0.4) is 0 Å². The zero-order valence-corrected chi connectivity index (χ0v) is 9.29. The van der Waals surface area contributed by atoms with Crippen molar-refractivity contribution in [2.45, 2.75) is 25.8 Å². The van der Waals surface area contributed by atoms with Gasteiger partial charge in [0.1, 0.15) is 5.75 Å². The molecule has 0 atom stereocenters. The quantitative estimate of drug-likeness (QED) is 0.747. The van der Waals surface area contributed by atoms with E-state index in [1.807, 2.05) is 18.2 Å². The Labute approximate surface area is 90.6 Å². The van der Waals surface area contributed by atoms with Crippen LogP contribution in [-0.2, 0) is 0 Å². The van der Waals surface area contributed by atoms with Gasteiger partial charge in [0.15, 0.2) is 0 Å². The molecule has 3 nitrogen and oxygen atoms in total. The molecule has 0 amide bonds. The molecule has 1 fully saturated rings. The Morgan fingerprint density at radius 2 is 2.13 bits per heavy atom. The number of nitrogen functional groups attached to an aromatic ring is 1. The summed E-state index contributed by atoms with van der Waals surface area (Å²) in [6.45, 7) is 2.27. The SMILES string of the molecule is COc1cccc(NC2CC(C)C2)c1N. The molecule has 0 aromatic heterocycles. The van der Waals surface area contributed by atoms with Gasteiger partial charge in [-0.2, -0.15) is 0 Å². The molecule has 0 bridgehead atoms. The van der Waals surface area contributed by atoms with Crippen molar-refractivity contribution in [1.82, 2.24) is 0 Å². The minimum atomic E-state index is 0.578. The summed E-state index contributed by atoms with van der Waals surface area (Å²) in [7, 11) is 1.64. The number of ether oxygens (including phenoxy) is 1. The zero-order valence-electron chi connectivity index (χ0n) is 9.29. The van der Waals surface area contributed by atoms with Crippen molar-refractivity contribution in [2.75, 3.05) is 18.2 Å². The molecule has 3 heteroatoms. The van der Waals surface area contributed by atoms with Gasteiger partial charge in [0.05, 0.1) is 18.5 Å². The van der Waals surface area contributed by atoms with E-state index in [2.05, 4.69) is 12.2 Å². The Morgan fingerprint density at radius 3 is 2.73 bits per heavy atom. The summed E-state index contributed by atoms with van der Waals surface area (Å²) >= 11 is 0. The average molecular weight is 206 g/mol. The number of para-hydroxylation sites is 1. The molecule has 0 heterocycles. The van der Waals surface area contributed by atoms with Gasteiger partial charge in [-0.1, -0.05) is 13.0 Å². The lowest BCUT2D eigenvalue weighted by Crippen LogP contribution is -2.33.